The SMILES string of the molecule is CNCC(=O)N[C@H](C(=O)NC(Cc1ccccc1)[C@H](O)CN(CC(C)C)S(=O)c1ccc2c(c1)OCO2)C(C)(C)C. The van der Waals surface area contributed by atoms with Gasteiger partial charge in [-0.2, -0.15) is 0 Å². The maximum atomic E-state index is 13.7. The first-order valence-corrected chi connectivity index (χ1v) is 15.0. The molecule has 226 valence electrons. The van der Waals surface area contributed by atoms with E-state index >= 15 is 0 Å². The van der Waals surface area contributed by atoms with Crippen LogP contribution >= 0.6 is 0 Å². The van der Waals surface area contributed by atoms with Crippen molar-refractivity contribution in [2.45, 2.75) is 64.1 Å². The normalized spacial score (nSPS) is 15.8. The summed E-state index contributed by atoms with van der Waals surface area (Å²) in [7, 11) is 0.0588. The van der Waals surface area contributed by atoms with Crippen molar-refractivity contribution in [3.05, 3.63) is 54.1 Å². The standard InChI is InChI=1S/C30H44N4O6S/c1-20(2)17-34(41(38)22-12-13-25-26(15-22)40-19-39-25)18-24(35)23(14-21-10-8-7-9-11-21)32-29(37)28(30(3,4)5)33-27(36)16-31-6/h7-13,15,20,23-24,28,31,35H,14,16-19H2,1-6H3,(H,32,37)(H,33,36)/t23?,24-,28-,41?/m1/s1. The van der Waals surface area contributed by atoms with Crippen LogP contribution < -0.4 is 25.4 Å². The van der Waals surface area contributed by atoms with E-state index in [2.05, 4.69) is 16.0 Å². The second-order valence-electron chi connectivity index (χ2n) is 11.8. The number of carbonyl (C=O) groups is 2. The highest BCUT2D eigenvalue weighted by Crippen LogP contribution is 2.34. The van der Waals surface area contributed by atoms with E-state index in [1.54, 1.807) is 29.6 Å². The van der Waals surface area contributed by atoms with E-state index in [1.807, 2.05) is 65.0 Å². The summed E-state index contributed by atoms with van der Waals surface area (Å²) in [5.41, 5.74) is 0.343. The molecule has 4 N–H and O–H groups in total. The van der Waals surface area contributed by atoms with Gasteiger partial charge in [-0.25, -0.2) is 8.51 Å². The van der Waals surface area contributed by atoms with Gasteiger partial charge in [-0.15, -0.1) is 0 Å². The summed E-state index contributed by atoms with van der Waals surface area (Å²) in [6.07, 6.45) is -0.717. The van der Waals surface area contributed by atoms with E-state index in [4.69, 9.17) is 9.47 Å². The summed E-state index contributed by atoms with van der Waals surface area (Å²) in [6, 6.07) is 13.2. The zero-order chi connectivity index (χ0) is 30.2. The maximum Gasteiger partial charge on any atom is 0.243 e. The quantitative estimate of drug-likeness (QED) is 0.266. The van der Waals surface area contributed by atoms with Crippen molar-refractivity contribution in [1.82, 2.24) is 20.3 Å². The van der Waals surface area contributed by atoms with Crippen molar-refractivity contribution in [1.29, 1.82) is 0 Å². The first-order chi connectivity index (χ1) is 19.4. The molecule has 41 heavy (non-hydrogen) atoms. The van der Waals surface area contributed by atoms with E-state index in [-0.39, 0.29) is 31.7 Å². The maximum absolute atomic E-state index is 13.7. The molecule has 1 aliphatic heterocycles. The summed E-state index contributed by atoms with van der Waals surface area (Å²) >= 11 is 0. The molecule has 2 amide bonds. The predicted molar refractivity (Wildman–Crippen MR) is 159 cm³/mol. The molecule has 2 aromatic rings. The zero-order valence-electron chi connectivity index (χ0n) is 24.8. The minimum absolute atomic E-state index is 0.0450. The van der Waals surface area contributed by atoms with Crippen molar-refractivity contribution in [2.75, 3.05) is 33.5 Å². The number of ether oxygens (including phenoxy) is 2. The Kier molecular flexibility index (Phi) is 11.7. The van der Waals surface area contributed by atoms with Gasteiger partial charge in [0.15, 0.2) is 11.5 Å². The van der Waals surface area contributed by atoms with E-state index in [0.717, 1.165) is 5.56 Å². The molecule has 0 saturated carbocycles. The average molecular weight is 589 g/mol. The molecule has 10 nitrogen and oxygen atoms in total. The molecule has 2 unspecified atom stereocenters. The van der Waals surface area contributed by atoms with E-state index in [0.29, 0.717) is 29.4 Å². The molecular formula is C30H44N4O6S. The first-order valence-electron chi connectivity index (χ1n) is 13.9. The van der Waals surface area contributed by atoms with Crippen LogP contribution in [0.25, 0.3) is 0 Å². The Morgan fingerprint density at radius 2 is 1.71 bits per heavy atom. The van der Waals surface area contributed by atoms with Crippen LogP contribution in [0, 0.1) is 11.3 Å². The fourth-order valence-electron chi connectivity index (χ4n) is 4.55. The lowest BCUT2D eigenvalue weighted by Gasteiger charge is -2.34. The second kappa shape index (κ2) is 14.8. The van der Waals surface area contributed by atoms with Gasteiger partial charge in [0, 0.05) is 19.2 Å². The molecule has 4 atom stereocenters. The Hall–Kier alpha value is -2.99. The van der Waals surface area contributed by atoms with E-state index in [9.17, 15) is 18.9 Å². The molecule has 3 rings (SSSR count). The molecule has 1 aliphatic rings. The molecule has 0 aromatic heterocycles. The van der Waals surface area contributed by atoms with Gasteiger partial charge in [0.2, 0.25) is 18.6 Å². The fourth-order valence-corrected chi connectivity index (χ4v) is 5.97. The summed E-state index contributed by atoms with van der Waals surface area (Å²) < 4.78 is 26.3. The zero-order valence-corrected chi connectivity index (χ0v) is 25.6. The van der Waals surface area contributed by atoms with Crippen LogP contribution in [-0.4, -0.2) is 77.1 Å². The minimum atomic E-state index is -1.60. The number of aliphatic hydroxyl groups is 1. The number of hydrogen-bond donors (Lipinski definition) is 4. The second-order valence-corrected chi connectivity index (χ2v) is 13.3. The highest BCUT2D eigenvalue weighted by atomic mass is 32.2. The van der Waals surface area contributed by atoms with Gasteiger partial charge < -0.3 is 30.5 Å². The van der Waals surface area contributed by atoms with Crippen molar-refractivity contribution in [3.63, 3.8) is 0 Å². The van der Waals surface area contributed by atoms with Gasteiger partial charge in [0.1, 0.15) is 17.0 Å². The largest absolute Gasteiger partial charge is 0.454 e. The third-order valence-electron chi connectivity index (χ3n) is 6.60. The number of likely N-dealkylation sites (N-methyl/N-ethyl adjacent to an activating group) is 1. The number of benzene rings is 2. The Bertz CT molecular complexity index is 1190. The topological polar surface area (TPSA) is 129 Å². The van der Waals surface area contributed by atoms with Crippen LogP contribution in [0.15, 0.2) is 53.4 Å². The summed E-state index contributed by atoms with van der Waals surface area (Å²) in [6.45, 7) is 10.3. The molecule has 0 radical (unpaired) electrons. The lowest BCUT2D eigenvalue weighted by molar-refractivity contribution is -0.132. The van der Waals surface area contributed by atoms with Gasteiger partial charge >= 0.3 is 0 Å². The van der Waals surface area contributed by atoms with Crippen LogP contribution in [0.2, 0.25) is 0 Å². The highest BCUT2D eigenvalue weighted by Gasteiger charge is 2.35. The number of amides is 2. The molecule has 0 spiro atoms. The number of carbonyl (C=O) groups excluding carboxylic acids is 2. The Labute approximate surface area is 245 Å². The highest BCUT2D eigenvalue weighted by molar-refractivity contribution is 7.82. The Morgan fingerprint density at radius 1 is 1.02 bits per heavy atom. The van der Waals surface area contributed by atoms with Gasteiger partial charge in [-0.05, 0) is 42.5 Å². The van der Waals surface area contributed by atoms with Crippen molar-refractivity contribution >= 4 is 22.8 Å². The lowest BCUT2D eigenvalue weighted by Crippen LogP contribution is -2.59. The summed E-state index contributed by atoms with van der Waals surface area (Å²) in [5.74, 6) is 0.597. The molecule has 0 aliphatic carbocycles. The fraction of sp³-hybridized carbons (Fsp3) is 0.533. The molecule has 1 heterocycles. The number of rotatable bonds is 14. The van der Waals surface area contributed by atoms with Gasteiger partial charge in [0.05, 0.1) is 23.6 Å². The molecular weight excluding hydrogens is 544 g/mol. The monoisotopic (exact) mass is 588 g/mol. The summed E-state index contributed by atoms with van der Waals surface area (Å²) in [4.78, 5) is 26.5. The Balaban J connectivity index is 1.85. The summed E-state index contributed by atoms with van der Waals surface area (Å²) in [5, 5.41) is 20.2. The van der Waals surface area contributed by atoms with Crippen molar-refractivity contribution < 1.29 is 28.4 Å². The molecule has 0 bridgehead atoms. The average Bonchev–Trinajstić information content (AvgIpc) is 3.38. The first kappa shape index (κ1) is 32.5. The molecule has 0 saturated heterocycles. The number of nitrogens with one attached hydrogen (secondary N) is 3. The van der Waals surface area contributed by atoms with Crippen LogP contribution in [-0.2, 0) is 27.0 Å². The molecule has 11 heteroatoms. The van der Waals surface area contributed by atoms with Gasteiger partial charge in [-0.3, -0.25) is 9.59 Å². The number of nitrogens with zero attached hydrogens (tertiary/aromatic N) is 1. The van der Waals surface area contributed by atoms with Crippen LogP contribution in [0.3, 0.4) is 0 Å². The third-order valence-corrected chi connectivity index (χ3v) is 8.03. The van der Waals surface area contributed by atoms with E-state index in [1.165, 1.54) is 0 Å². The van der Waals surface area contributed by atoms with Crippen molar-refractivity contribution in [2.24, 2.45) is 11.3 Å². The van der Waals surface area contributed by atoms with Gasteiger partial charge in [0.25, 0.3) is 0 Å². The lowest BCUT2D eigenvalue weighted by atomic mass is 9.85. The molecule has 0 fully saturated rings. The number of fused-ring (bicyclic) bond motifs is 1. The van der Waals surface area contributed by atoms with Crippen LogP contribution in [0.5, 0.6) is 11.5 Å². The van der Waals surface area contributed by atoms with E-state index < -0.39 is 40.5 Å². The van der Waals surface area contributed by atoms with Crippen LogP contribution in [0.4, 0.5) is 0 Å². The number of aliphatic hydroxyl groups excluding tert-OH is 1. The molecule has 2 aromatic carbocycles. The Morgan fingerprint density at radius 3 is 2.34 bits per heavy atom. The van der Waals surface area contributed by atoms with Crippen LogP contribution in [0.1, 0.15) is 40.2 Å². The smallest absolute Gasteiger partial charge is 0.243 e. The van der Waals surface area contributed by atoms with Crippen molar-refractivity contribution in [3.8, 4) is 11.5 Å². The third kappa shape index (κ3) is 9.53. The number of hydrogen-bond acceptors (Lipinski definition) is 7. The minimum Gasteiger partial charge on any atom is -0.454 e. The predicted octanol–water partition coefficient (Wildman–Crippen LogP) is 2.23. The van der Waals surface area contributed by atoms with Gasteiger partial charge in [-0.1, -0.05) is 65.0 Å².